The summed E-state index contributed by atoms with van der Waals surface area (Å²) < 4.78 is 24.3. The van der Waals surface area contributed by atoms with E-state index in [0.29, 0.717) is 6.54 Å². The molecule has 0 fully saturated rings. The van der Waals surface area contributed by atoms with Crippen LogP contribution in [0.15, 0.2) is 45.1 Å². The van der Waals surface area contributed by atoms with Gasteiger partial charge in [-0.05, 0) is 40.2 Å². The molecule has 1 aromatic heterocycles. The van der Waals surface area contributed by atoms with Gasteiger partial charge in [0.2, 0.25) is 0 Å². The summed E-state index contributed by atoms with van der Waals surface area (Å²) in [5, 5.41) is 2.73. The molecule has 1 N–H and O–H groups in total. The molecular weight excluding hydrogens is 362 g/mol. The van der Waals surface area contributed by atoms with E-state index in [1.165, 1.54) is 23.5 Å². The molecule has 2 aromatic rings. The van der Waals surface area contributed by atoms with Crippen LogP contribution in [0.1, 0.15) is 15.2 Å². The van der Waals surface area contributed by atoms with Crippen LogP contribution >= 0.6 is 27.3 Å². The fraction of sp³-hybridized carbons (Fsp3) is 0.154. The molecule has 0 unspecified atom stereocenters. The number of sulfone groups is 1. The predicted octanol–water partition coefficient (Wildman–Crippen LogP) is 2.84. The highest BCUT2D eigenvalue weighted by Crippen LogP contribution is 2.22. The normalized spacial score (nSPS) is 11.3. The van der Waals surface area contributed by atoms with Crippen LogP contribution in [0, 0.1) is 0 Å². The van der Waals surface area contributed by atoms with E-state index in [9.17, 15) is 13.2 Å². The minimum absolute atomic E-state index is 0.0462. The summed E-state index contributed by atoms with van der Waals surface area (Å²) in [6.45, 7) is 0.368. The Hall–Kier alpha value is -1.18. The van der Waals surface area contributed by atoms with Crippen LogP contribution in [-0.2, 0) is 16.4 Å². The number of amides is 1. The zero-order valence-electron chi connectivity index (χ0n) is 10.6. The summed E-state index contributed by atoms with van der Waals surface area (Å²) in [5.41, 5.74) is 0.172. The summed E-state index contributed by atoms with van der Waals surface area (Å²) in [5.74, 6) is -0.393. The smallest absolute Gasteiger partial charge is 0.252 e. The number of rotatable bonds is 4. The standard InChI is InChI=1S/C13H12BrNO3S2/c1-20(17,18)11-5-3-2-4-10(11)13(16)15-8-9-6-7-12(14)19-9/h2-7H,8H2,1H3,(H,15,16). The van der Waals surface area contributed by atoms with Crippen molar-refractivity contribution >= 4 is 43.0 Å². The van der Waals surface area contributed by atoms with Crippen molar-refractivity contribution in [2.75, 3.05) is 6.26 Å². The van der Waals surface area contributed by atoms with E-state index in [1.807, 2.05) is 12.1 Å². The molecule has 1 heterocycles. The predicted molar refractivity (Wildman–Crippen MR) is 82.7 cm³/mol. The maximum atomic E-state index is 12.1. The van der Waals surface area contributed by atoms with E-state index in [2.05, 4.69) is 21.2 Å². The van der Waals surface area contributed by atoms with Gasteiger partial charge >= 0.3 is 0 Å². The fourth-order valence-corrected chi connectivity index (χ4v) is 4.00. The number of nitrogens with one attached hydrogen (secondary N) is 1. The van der Waals surface area contributed by atoms with Gasteiger partial charge < -0.3 is 5.32 Å². The van der Waals surface area contributed by atoms with Crippen LogP contribution in [0.4, 0.5) is 0 Å². The van der Waals surface area contributed by atoms with E-state index in [1.54, 1.807) is 12.1 Å². The summed E-state index contributed by atoms with van der Waals surface area (Å²) in [4.78, 5) is 13.1. The molecule has 0 aliphatic heterocycles. The second-order valence-corrected chi connectivity index (χ2v) is 8.69. The topological polar surface area (TPSA) is 63.2 Å². The highest BCUT2D eigenvalue weighted by atomic mass is 79.9. The number of thiophene rings is 1. The molecule has 0 bridgehead atoms. The summed E-state index contributed by atoms with van der Waals surface area (Å²) in [7, 11) is -3.42. The molecule has 0 radical (unpaired) electrons. The summed E-state index contributed by atoms with van der Waals surface area (Å²) in [6.07, 6.45) is 1.09. The van der Waals surface area contributed by atoms with Gasteiger partial charge in [-0.25, -0.2) is 8.42 Å². The molecule has 1 amide bonds. The van der Waals surface area contributed by atoms with Crippen LogP contribution < -0.4 is 5.32 Å². The molecule has 0 aliphatic rings. The third kappa shape index (κ3) is 3.68. The van der Waals surface area contributed by atoms with E-state index in [-0.39, 0.29) is 10.5 Å². The minimum Gasteiger partial charge on any atom is -0.347 e. The molecular formula is C13H12BrNO3S2. The van der Waals surface area contributed by atoms with Gasteiger partial charge in [0.1, 0.15) is 0 Å². The van der Waals surface area contributed by atoms with E-state index < -0.39 is 15.7 Å². The Kier molecular flexibility index (Phi) is 4.62. The minimum atomic E-state index is -3.42. The molecule has 0 aliphatic carbocycles. The van der Waals surface area contributed by atoms with Crippen LogP contribution in [0.2, 0.25) is 0 Å². The lowest BCUT2D eigenvalue weighted by Crippen LogP contribution is -2.24. The number of carbonyl (C=O) groups excluding carboxylic acids is 1. The molecule has 0 spiro atoms. The molecule has 4 nitrogen and oxygen atoms in total. The number of hydrogen-bond acceptors (Lipinski definition) is 4. The van der Waals surface area contributed by atoms with Crippen molar-refractivity contribution in [1.82, 2.24) is 5.32 Å². The van der Waals surface area contributed by atoms with Crippen molar-refractivity contribution in [3.05, 3.63) is 50.6 Å². The van der Waals surface area contributed by atoms with Gasteiger partial charge in [0, 0.05) is 11.1 Å². The Morgan fingerprint density at radius 1 is 1.25 bits per heavy atom. The van der Waals surface area contributed by atoms with Crippen molar-refractivity contribution in [1.29, 1.82) is 0 Å². The van der Waals surface area contributed by atoms with Crippen LogP contribution in [0.25, 0.3) is 0 Å². The third-order valence-corrected chi connectivity index (χ3v) is 5.36. The maximum Gasteiger partial charge on any atom is 0.252 e. The molecule has 0 saturated carbocycles. The molecule has 0 atom stereocenters. The lowest BCUT2D eigenvalue weighted by Gasteiger charge is -2.08. The first-order valence-corrected chi connectivity index (χ1v) is 9.19. The first-order valence-electron chi connectivity index (χ1n) is 5.69. The molecule has 0 saturated heterocycles. The molecule has 2 rings (SSSR count). The zero-order valence-corrected chi connectivity index (χ0v) is 13.8. The van der Waals surface area contributed by atoms with Gasteiger partial charge in [-0.2, -0.15) is 0 Å². The highest BCUT2D eigenvalue weighted by molar-refractivity contribution is 9.11. The monoisotopic (exact) mass is 373 g/mol. The van der Waals surface area contributed by atoms with Gasteiger partial charge in [0.15, 0.2) is 9.84 Å². The molecule has 20 heavy (non-hydrogen) atoms. The Morgan fingerprint density at radius 2 is 1.95 bits per heavy atom. The second kappa shape index (κ2) is 6.07. The average molecular weight is 374 g/mol. The van der Waals surface area contributed by atoms with Crippen molar-refractivity contribution in [3.8, 4) is 0 Å². The SMILES string of the molecule is CS(=O)(=O)c1ccccc1C(=O)NCc1ccc(Br)s1. The number of halogens is 1. The fourth-order valence-electron chi connectivity index (χ4n) is 1.69. The van der Waals surface area contributed by atoms with E-state index >= 15 is 0 Å². The summed E-state index contributed by atoms with van der Waals surface area (Å²) >= 11 is 4.87. The Balaban J connectivity index is 2.18. The number of hydrogen-bond donors (Lipinski definition) is 1. The van der Waals surface area contributed by atoms with Crippen LogP contribution in [0.3, 0.4) is 0 Å². The van der Waals surface area contributed by atoms with Crippen LogP contribution in [0.5, 0.6) is 0 Å². The van der Waals surface area contributed by atoms with Crippen molar-refractivity contribution < 1.29 is 13.2 Å². The first kappa shape index (κ1) is 15.2. The largest absolute Gasteiger partial charge is 0.347 e. The first-order chi connectivity index (χ1) is 9.38. The van der Waals surface area contributed by atoms with Gasteiger partial charge in [0.25, 0.3) is 5.91 Å². The van der Waals surface area contributed by atoms with Crippen molar-refractivity contribution in [3.63, 3.8) is 0 Å². The summed E-state index contributed by atoms with van der Waals surface area (Å²) in [6, 6.07) is 9.99. The van der Waals surface area contributed by atoms with E-state index in [0.717, 1.165) is 14.9 Å². The maximum absolute atomic E-state index is 12.1. The van der Waals surface area contributed by atoms with Gasteiger partial charge in [-0.15, -0.1) is 11.3 Å². The third-order valence-electron chi connectivity index (χ3n) is 2.58. The van der Waals surface area contributed by atoms with Crippen molar-refractivity contribution in [2.24, 2.45) is 0 Å². The zero-order chi connectivity index (χ0) is 14.8. The number of carbonyl (C=O) groups is 1. The number of benzene rings is 1. The lowest BCUT2D eigenvalue weighted by atomic mass is 10.2. The molecule has 7 heteroatoms. The highest BCUT2D eigenvalue weighted by Gasteiger charge is 2.17. The van der Waals surface area contributed by atoms with Crippen molar-refractivity contribution in [2.45, 2.75) is 11.4 Å². The Morgan fingerprint density at radius 3 is 2.55 bits per heavy atom. The Bertz CT molecular complexity index is 738. The van der Waals surface area contributed by atoms with Crippen LogP contribution in [-0.4, -0.2) is 20.6 Å². The second-order valence-electron chi connectivity index (χ2n) is 4.16. The average Bonchev–Trinajstić information content (AvgIpc) is 2.81. The molecule has 106 valence electrons. The quantitative estimate of drug-likeness (QED) is 0.895. The van der Waals surface area contributed by atoms with E-state index in [4.69, 9.17) is 0 Å². The van der Waals surface area contributed by atoms with Gasteiger partial charge in [0.05, 0.1) is 20.8 Å². The Labute approximate surface area is 129 Å². The molecule has 1 aromatic carbocycles. The lowest BCUT2D eigenvalue weighted by molar-refractivity contribution is 0.0948. The van der Waals surface area contributed by atoms with Gasteiger partial charge in [-0.3, -0.25) is 4.79 Å². The van der Waals surface area contributed by atoms with Gasteiger partial charge in [-0.1, -0.05) is 12.1 Å².